The van der Waals surface area contributed by atoms with E-state index in [0.29, 0.717) is 38.6 Å². The molecule has 0 atom stereocenters. The van der Waals surface area contributed by atoms with Crippen molar-refractivity contribution < 1.29 is 26.3 Å². The zero-order valence-corrected chi connectivity index (χ0v) is 17.0. The number of halogens is 3. The minimum Gasteiger partial charge on any atom is -0.406 e. The molecule has 1 fully saturated rings. The molecule has 6 nitrogen and oxygen atoms in total. The Hall–Kier alpha value is -1.97. The van der Waals surface area contributed by atoms with Crippen LogP contribution in [0.5, 0.6) is 5.75 Å². The average Bonchev–Trinajstić information content (AvgIpc) is 2.57. The van der Waals surface area contributed by atoms with Gasteiger partial charge in [-0.15, -0.1) is 13.2 Å². The van der Waals surface area contributed by atoms with Gasteiger partial charge < -0.3 is 15.0 Å². The topological polar surface area (TPSA) is 71.0 Å². The quantitative estimate of drug-likeness (QED) is 0.585. The average molecular weight is 421 g/mol. The second kappa shape index (κ2) is 8.59. The third-order valence-corrected chi connectivity index (χ3v) is 7.03. The number of nitrogens with one attached hydrogen (secondary N) is 1. The second-order valence-electron chi connectivity index (χ2n) is 7.18. The van der Waals surface area contributed by atoms with E-state index in [1.165, 1.54) is 12.1 Å². The summed E-state index contributed by atoms with van der Waals surface area (Å²) >= 11 is 0. The van der Waals surface area contributed by atoms with Crippen LogP contribution in [0.2, 0.25) is 0 Å². The monoisotopic (exact) mass is 421 g/mol. The fraction of sp³-hybridized carbons (Fsp3) is 0.611. The van der Waals surface area contributed by atoms with Crippen molar-refractivity contribution in [2.24, 2.45) is 4.99 Å². The van der Waals surface area contributed by atoms with Crippen LogP contribution >= 0.6 is 0 Å². The number of aliphatic imine (C=N–C) groups is 1. The van der Waals surface area contributed by atoms with Gasteiger partial charge in [-0.1, -0.05) is 12.1 Å². The van der Waals surface area contributed by atoms with E-state index >= 15 is 0 Å². The summed E-state index contributed by atoms with van der Waals surface area (Å²) in [5, 5.41) is 3.17. The lowest BCUT2D eigenvalue weighted by molar-refractivity contribution is -0.274. The molecular weight excluding hydrogens is 395 g/mol. The number of hydrogen-bond donors (Lipinski definition) is 1. The Bertz CT molecular complexity index is 791. The van der Waals surface area contributed by atoms with Gasteiger partial charge in [-0.05, 0) is 44.9 Å². The highest BCUT2D eigenvalue weighted by Crippen LogP contribution is 2.24. The molecule has 0 bridgehead atoms. The Morgan fingerprint density at radius 1 is 1.29 bits per heavy atom. The fourth-order valence-electron chi connectivity index (χ4n) is 2.90. The maximum absolute atomic E-state index is 12.2. The summed E-state index contributed by atoms with van der Waals surface area (Å²) in [6, 6.07) is 5.69. The number of rotatable bonds is 5. The third-order valence-electron chi connectivity index (χ3n) is 4.50. The lowest BCUT2D eigenvalue weighted by Crippen LogP contribution is -2.57. The highest BCUT2D eigenvalue weighted by molar-refractivity contribution is 7.92. The number of benzene rings is 1. The molecular formula is C18H26F3N3O3S. The molecule has 1 heterocycles. The SMILES string of the molecule is CCNC(=NCCc1ccc(OC(F)(F)F)cc1)N1CCS(=O)(=O)C(C)(C)C1. The first-order valence-electron chi connectivity index (χ1n) is 9.04. The van der Waals surface area contributed by atoms with E-state index in [0.717, 1.165) is 5.56 Å². The van der Waals surface area contributed by atoms with Crippen molar-refractivity contribution >= 4 is 15.8 Å². The third kappa shape index (κ3) is 6.02. The van der Waals surface area contributed by atoms with Crippen LogP contribution in [0.1, 0.15) is 26.3 Å². The van der Waals surface area contributed by atoms with Crippen LogP contribution in [0.4, 0.5) is 13.2 Å². The number of nitrogens with zero attached hydrogens (tertiary/aromatic N) is 2. The molecule has 0 saturated carbocycles. The van der Waals surface area contributed by atoms with Gasteiger partial charge in [-0.2, -0.15) is 0 Å². The molecule has 0 amide bonds. The van der Waals surface area contributed by atoms with E-state index in [1.807, 2.05) is 11.8 Å². The van der Waals surface area contributed by atoms with Crippen molar-refractivity contribution in [3.63, 3.8) is 0 Å². The van der Waals surface area contributed by atoms with Crippen molar-refractivity contribution in [1.82, 2.24) is 10.2 Å². The molecule has 2 rings (SSSR count). The largest absolute Gasteiger partial charge is 0.573 e. The number of ether oxygens (including phenoxy) is 1. The first-order chi connectivity index (χ1) is 12.9. The fourth-order valence-corrected chi connectivity index (χ4v) is 4.26. The molecule has 158 valence electrons. The Morgan fingerprint density at radius 3 is 2.46 bits per heavy atom. The molecule has 0 aliphatic carbocycles. The van der Waals surface area contributed by atoms with E-state index in [-0.39, 0.29) is 11.5 Å². The van der Waals surface area contributed by atoms with E-state index in [9.17, 15) is 21.6 Å². The van der Waals surface area contributed by atoms with Gasteiger partial charge in [-0.3, -0.25) is 4.99 Å². The summed E-state index contributed by atoms with van der Waals surface area (Å²) in [5.74, 6) is 0.456. The molecule has 1 aliphatic rings. The zero-order valence-electron chi connectivity index (χ0n) is 16.2. The number of alkyl halides is 3. The molecule has 0 spiro atoms. The van der Waals surface area contributed by atoms with E-state index in [1.54, 1.807) is 26.0 Å². The summed E-state index contributed by atoms with van der Waals surface area (Å²) in [6.07, 6.45) is -4.17. The van der Waals surface area contributed by atoms with Gasteiger partial charge in [0, 0.05) is 26.2 Å². The van der Waals surface area contributed by atoms with Crippen molar-refractivity contribution in [3.8, 4) is 5.75 Å². The second-order valence-corrected chi connectivity index (χ2v) is 9.92. The maximum Gasteiger partial charge on any atom is 0.573 e. The molecule has 1 saturated heterocycles. The Balaban J connectivity index is 2.00. The van der Waals surface area contributed by atoms with Gasteiger partial charge in [0.2, 0.25) is 0 Å². The van der Waals surface area contributed by atoms with Gasteiger partial charge in [0.05, 0.1) is 10.5 Å². The number of guanidine groups is 1. The first kappa shape index (κ1) is 22.3. The van der Waals surface area contributed by atoms with Gasteiger partial charge in [0.15, 0.2) is 15.8 Å². The molecule has 1 aromatic rings. The van der Waals surface area contributed by atoms with Crippen molar-refractivity contribution in [3.05, 3.63) is 29.8 Å². The van der Waals surface area contributed by atoms with Crippen molar-refractivity contribution in [2.75, 3.05) is 31.9 Å². The van der Waals surface area contributed by atoms with Crippen molar-refractivity contribution in [2.45, 2.75) is 38.3 Å². The molecule has 28 heavy (non-hydrogen) atoms. The summed E-state index contributed by atoms with van der Waals surface area (Å²) < 4.78 is 63.9. The molecule has 0 radical (unpaired) electrons. The predicted octanol–water partition coefficient (Wildman–Crippen LogP) is 2.60. The van der Waals surface area contributed by atoms with Crippen LogP contribution in [-0.4, -0.2) is 62.3 Å². The maximum atomic E-state index is 12.2. The normalized spacial score (nSPS) is 19.4. The number of sulfone groups is 1. The van der Waals surface area contributed by atoms with Crippen LogP contribution < -0.4 is 10.1 Å². The van der Waals surface area contributed by atoms with Gasteiger partial charge in [-0.25, -0.2) is 8.42 Å². The summed E-state index contributed by atoms with van der Waals surface area (Å²) in [6.45, 7) is 7.15. The summed E-state index contributed by atoms with van der Waals surface area (Å²) in [4.78, 5) is 6.49. The zero-order chi connectivity index (χ0) is 21.0. The van der Waals surface area contributed by atoms with Gasteiger partial charge in [0.1, 0.15) is 5.75 Å². The highest BCUT2D eigenvalue weighted by atomic mass is 32.2. The lowest BCUT2D eigenvalue weighted by atomic mass is 10.1. The molecule has 0 unspecified atom stereocenters. The minimum absolute atomic E-state index is 0.0745. The summed E-state index contributed by atoms with van der Waals surface area (Å²) in [5.41, 5.74) is 0.829. The smallest absolute Gasteiger partial charge is 0.406 e. The Kier molecular flexibility index (Phi) is 6.84. The first-order valence-corrected chi connectivity index (χ1v) is 10.7. The Labute approximate surface area is 163 Å². The highest BCUT2D eigenvalue weighted by Gasteiger charge is 2.40. The van der Waals surface area contributed by atoms with E-state index in [2.05, 4.69) is 15.0 Å². The number of hydrogen-bond acceptors (Lipinski definition) is 4. The Morgan fingerprint density at radius 2 is 1.93 bits per heavy atom. The molecule has 1 N–H and O–H groups in total. The molecule has 10 heteroatoms. The molecule has 1 aliphatic heterocycles. The van der Waals surface area contributed by atoms with E-state index in [4.69, 9.17) is 0 Å². The van der Waals surface area contributed by atoms with Crippen LogP contribution in [0, 0.1) is 0 Å². The van der Waals surface area contributed by atoms with Crippen LogP contribution in [-0.2, 0) is 16.3 Å². The van der Waals surface area contributed by atoms with Crippen LogP contribution in [0.3, 0.4) is 0 Å². The lowest BCUT2D eigenvalue weighted by Gasteiger charge is -2.39. The van der Waals surface area contributed by atoms with Crippen LogP contribution in [0.15, 0.2) is 29.3 Å². The molecule has 0 aromatic heterocycles. The van der Waals surface area contributed by atoms with Gasteiger partial charge in [0.25, 0.3) is 0 Å². The van der Waals surface area contributed by atoms with Crippen LogP contribution in [0.25, 0.3) is 0 Å². The predicted molar refractivity (Wildman–Crippen MR) is 102 cm³/mol. The summed E-state index contributed by atoms with van der Waals surface area (Å²) in [7, 11) is -3.14. The van der Waals surface area contributed by atoms with Gasteiger partial charge >= 0.3 is 6.36 Å². The molecule has 1 aromatic carbocycles. The minimum atomic E-state index is -4.71. The van der Waals surface area contributed by atoms with Crippen molar-refractivity contribution in [1.29, 1.82) is 0 Å². The van der Waals surface area contributed by atoms with E-state index < -0.39 is 20.9 Å². The standard InChI is InChI=1S/C18H26F3N3O3S/c1-4-22-16(24-11-12-28(25,26)17(2,3)13-24)23-10-9-14-5-7-15(8-6-14)27-18(19,20)21/h5-8H,4,9-13H2,1-3H3,(H,22,23).